The number of nitrogens with two attached hydrogens (primary N) is 1. The third kappa shape index (κ3) is 4.27. The standard InChI is InChI=1S/C11H18N2O2/c1-9(5-6-14-2)15-11-4-3-10(7-12)13-8-11/h3-4,8-9H,5-7,12H2,1-2H3. The minimum atomic E-state index is 0.135. The molecule has 0 spiro atoms. The predicted octanol–water partition coefficient (Wildman–Crippen LogP) is 1.34. The molecule has 0 aliphatic heterocycles. The highest BCUT2D eigenvalue weighted by molar-refractivity contribution is 5.19. The first-order valence-corrected chi connectivity index (χ1v) is 5.07. The molecular weight excluding hydrogens is 192 g/mol. The van der Waals surface area contributed by atoms with Crippen LogP contribution in [0.1, 0.15) is 19.0 Å². The SMILES string of the molecule is COCCC(C)Oc1ccc(CN)nc1. The van der Waals surface area contributed by atoms with Gasteiger partial charge in [-0.3, -0.25) is 4.98 Å². The molecule has 1 atom stereocenters. The highest BCUT2D eigenvalue weighted by Crippen LogP contribution is 2.12. The van der Waals surface area contributed by atoms with Crippen molar-refractivity contribution in [3.05, 3.63) is 24.0 Å². The average Bonchev–Trinajstić information content (AvgIpc) is 2.27. The highest BCUT2D eigenvalue weighted by Gasteiger charge is 2.03. The second-order valence-corrected chi connectivity index (χ2v) is 3.40. The maximum Gasteiger partial charge on any atom is 0.138 e. The molecule has 1 heterocycles. The fraction of sp³-hybridized carbons (Fsp3) is 0.545. The fourth-order valence-electron chi connectivity index (χ4n) is 1.18. The molecule has 0 radical (unpaired) electrons. The Labute approximate surface area is 90.4 Å². The molecule has 2 N–H and O–H groups in total. The van der Waals surface area contributed by atoms with E-state index < -0.39 is 0 Å². The summed E-state index contributed by atoms with van der Waals surface area (Å²) in [5, 5.41) is 0. The van der Waals surface area contributed by atoms with Crippen LogP contribution in [0.5, 0.6) is 5.75 Å². The van der Waals surface area contributed by atoms with Crippen LogP contribution in [0.2, 0.25) is 0 Å². The fourth-order valence-corrected chi connectivity index (χ4v) is 1.18. The molecule has 0 aliphatic carbocycles. The van der Waals surface area contributed by atoms with E-state index in [1.54, 1.807) is 13.3 Å². The Morgan fingerprint density at radius 1 is 1.47 bits per heavy atom. The number of methoxy groups -OCH3 is 1. The molecule has 15 heavy (non-hydrogen) atoms. The van der Waals surface area contributed by atoms with E-state index in [0.717, 1.165) is 17.9 Å². The highest BCUT2D eigenvalue weighted by atomic mass is 16.5. The minimum absolute atomic E-state index is 0.135. The quantitative estimate of drug-likeness (QED) is 0.770. The molecule has 0 saturated heterocycles. The Bertz CT molecular complexity index is 274. The van der Waals surface area contributed by atoms with E-state index in [0.29, 0.717) is 13.2 Å². The molecule has 0 saturated carbocycles. The average molecular weight is 210 g/mol. The van der Waals surface area contributed by atoms with Crippen molar-refractivity contribution in [2.24, 2.45) is 5.73 Å². The molecular formula is C11H18N2O2. The second-order valence-electron chi connectivity index (χ2n) is 3.40. The molecule has 0 amide bonds. The van der Waals surface area contributed by atoms with Gasteiger partial charge in [-0.25, -0.2) is 0 Å². The first-order valence-electron chi connectivity index (χ1n) is 5.07. The van der Waals surface area contributed by atoms with Crippen LogP contribution in [0.25, 0.3) is 0 Å². The Kier molecular flexibility index (Phi) is 5.07. The van der Waals surface area contributed by atoms with Gasteiger partial charge >= 0.3 is 0 Å². The van der Waals surface area contributed by atoms with E-state index in [2.05, 4.69) is 4.98 Å². The van der Waals surface area contributed by atoms with Crippen molar-refractivity contribution in [1.82, 2.24) is 4.98 Å². The summed E-state index contributed by atoms with van der Waals surface area (Å²) in [6.07, 6.45) is 2.70. The van der Waals surface area contributed by atoms with Gasteiger partial charge in [0.05, 0.1) is 18.0 Å². The number of pyridine rings is 1. The first kappa shape index (κ1) is 11.9. The largest absolute Gasteiger partial charge is 0.489 e. The van der Waals surface area contributed by atoms with E-state index in [1.165, 1.54) is 0 Å². The summed E-state index contributed by atoms with van der Waals surface area (Å²) in [6.45, 7) is 3.17. The van der Waals surface area contributed by atoms with Gasteiger partial charge in [-0.15, -0.1) is 0 Å². The summed E-state index contributed by atoms with van der Waals surface area (Å²) in [4.78, 5) is 4.15. The first-order chi connectivity index (χ1) is 7.26. The van der Waals surface area contributed by atoms with Gasteiger partial charge in [0.1, 0.15) is 5.75 Å². The van der Waals surface area contributed by atoms with Gasteiger partial charge in [0.25, 0.3) is 0 Å². The Balaban J connectivity index is 2.42. The van der Waals surface area contributed by atoms with Crippen LogP contribution in [-0.4, -0.2) is 24.8 Å². The van der Waals surface area contributed by atoms with Crippen LogP contribution in [-0.2, 0) is 11.3 Å². The van der Waals surface area contributed by atoms with E-state index in [9.17, 15) is 0 Å². The maximum atomic E-state index is 5.63. The van der Waals surface area contributed by atoms with Crippen molar-refractivity contribution in [3.8, 4) is 5.75 Å². The van der Waals surface area contributed by atoms with Gasteiger partial charge in [0.15, 0.2) is 0 Å². The van der Waals surface area contributed by atoms with Gasteiger partial charge in [-0.1, -0.05) is 0 Å². The van der Waals surface area contributed by atoms with Gasteiger partial charge in [-0.05, 0) is 19.1 Å². The maximum absolute atomic E-state index is 5.63. The normalized spacial score (nSPS) is 12.5. The van der Waals surface area contributed by atoms with Crippen LogP contribution in [0, 0.1) is 0 Å². The summed E-state index contributed by atoms with van der Waals surface area (Å²) in [6, 6.07) is 3.76. The number of rotatable bonds is 6. The lowest BCUT2D eigenvalue weighted by molar-refractivity contribution is 0.135. The van der Waals surface area contributed by atoms with Gasteiger partial charge in [0, 0.05) is 26.7 Å². The summed E-state index contributed by atoms with van der Waals surface area (Å²) in [5.41, 5.74) is 6.31. The Hall–Kier alpha value is -1.13. The van der Waals surface area contributed by atoms with Crippen molar-refractivity contribution >= 4 is 0 Å². The third-order valence-corrected chi connectivity index (χ3v) is 2.07. The number of hydrogen-bond donors (Lipinski definition) is 1. The molecule has 4 heteroatoms. The molecule has 84 valence electrons. The molecule has 1 aromatic rings. The van der Waals surface area contributed by atoms with E-state index in [-0.39, 0.29) is 6.10 Å². The smallest absolute Gasteiger partial charge is 0.138 e. The molecule has 4 nitrogen and oxygen atoms in total. The molecule has 0 fully saturated rings. The van der Waals surface area contributed by atoms with Crippen LogP contribution in [0.3, 0.4) is 0 Å². The van der Waals surface area contributed by atoms with Crippen LogP contribution in [0.15, 0.2) is 18.3 Å². The number of ether oxygens (including phenoxy) is 2. The van der Waals surface area contributed by atoms with Crippen LogP contribution < -0.4 is 10.5 Å². The molecule has 0 aromatic carbocycles. The topological polar surface area (TPSA) is 57.4 Å². The van der Waals surface area contributed by atoms with Crippen LogP contribution >= 0.6 is 0 Å². The van der Waals surface area contributed by atoms with E-state index >= 15 is 0 Å². The predicted molar refractivity (Wildman–Crippen MR) is 58.7 cm³/mol. The molecule has 0 bridgehead atoms. The van der Waals surface area contributed by atoms with Crippen molar-refractivity contribution in [2.75, 3.05) is 13.7 Å². The van der Waals surface area contributed by atoms with Crippen molar-refractivity contribution in [2.45, 2.75) is 26.0 Å². The Morgan fingerprint density at radius 2 is 2.27 bits per heavy atom. The van der Waals surface area contributed by atoms with Gasteiger partial charge in [0.2, 0.25) is 0 Å². The summed E-state index contributed by atoms with van der Waals surface area (Å²) >= 11 is 0. The molecule has 1 rings (SSSR count). The lowest BCUT2D eigenvalue weighted by Gasteiger charge is -2.13. The molecule has 0 aliphatic rings. The number of nitrogens with zero attached hydrogens (tertiary/aromatic N) is 1. The monoisotopic (exact) mass is 210 g/mol. The van der Waals surface area contributed by atoms with Crippen molar-refractivity contribution in [3.63, 3.8) is 0 Å². The minimum Gasteiger partial charge on any atom is -0.489 e. The second kappa shape index (κ2) is 6.37. The van der Waals surface area contributed by atoms with Crippen LogP contribution in [0.4, 0.5) is 0 Å². The Morgan fingerprint density at radius 3 is 2.80 bits per heavy atom. The zero-order valence-corrected chi connectivity index (χ0v) is 9.27. The number of aromatic nitrogens is 1. The van der Waals surface area contributed by atoms with E-state index in [1.807, 2.05) is 19.1 Å². The van der Waals surface area contributed by atoms with E-state index in [4.69, 9.17) is 15.2 Å². The third-order valence-electron chi connectivity index (χ3n) is 2.07. The molecule has 1 aromatic heterocycles. The summed E-state index contributed by atoms with van der Waals surface area (Å²) in [7, 11) is 1.68. The zero-order valence-electron chi connectivity index (χ0n) is 9.27. The summed E-state index contributed by atoms with van der Waals surface area (Å²) < 4.78 is 10.6. The summed E-state index contributed by atoms with van der Waals surface area (Å²) in [5.74, 6) is 0.774. The van der Waals surface area contributed by atoms with Crippen molar-refractivity contribution < 1.29 is 9.47 Å². The van der Waals surface area contributed by atoms with Gasteiger partial charge in [-0.2, -0.15) is 0 Å². The van der Waals surface area contributed by atoms with Gasteiger partial charge < -0.3 is 15.2 Å². The zero-order chi connectivity index (χ0) is 11.1. The lowest BCUT2D eigenvalue weighted by Crippen LogP contribution is -2.14. The molecule has 1 unspecified atom stereocenters. The lowest BCUT2D eigenvalue weighted by atomic mass is 10.3. The van der Waals surface area contributed by atoms with Crippen molar-refractivity contribution in [1.29, 1.82) is 0 Å². The number of hydrogen-bond acceptors (Lipinski definition) is 4.